The summed E-state index contributed by atoms with van der Waals surface area (Å²) in [6.45, 7) is 4.06. The molecule has 5 rings (SSSR count). The zero-order valence-corrected chi connectivity index (χ0v) is 20.1. The molecule has 0 fully saturated rings. The smallest absolute Gasteiger partial charge is 0.211 e. The molecule has 0 saturated carbocycles. The van der Waals surface area contributed by atoms with Crippen LogP contribution in [0.5, 0.6) is 5.75 Å². The maximum atomic E-state index is 13.2. The van der Waals surface area contributed by atoms with Gasteiger partial charge in [0.2, 0.25) is 5.72 Å². The zero-order chi connectivity index (χ0) is 24.5. The molecule has 34 heavy (non-hydrogen) atoms. The Labute approximate surface area is 198 Å². The molecule has 0 aromatic heterocycles. The molecule has 2 heterocycles. The average molecular weight is 478 g/mol. The summed E-state index contributed by atoms with van der Waals surface area (Å²) in [6.07, 6.45) is 5.09. The Balaban J connectivity index is 1.53. The Morgan fingerprint density at radius 1 is 0.971 bits per heavy atom. The summed E-state index contributed by atoms with van der Waals surface area (Å²) < 4.78 is 44.1. The van der Waals surface area contributed by atoms with Crippen LogP contribution in [0.4, 0.5) is 10.1 Å². The molecule has 7 heteroatoms. The van der Waals surface area contributed by atoms with Gasteiger partial charge in [0.15, 0.2) is 15.6 Å². The van der Waals surface area contributed by atoms with Gasteiger partial charge in [-0.15, -0.1) is 0 Å². The minimum atomic E-state index is -3.35. The molecule has 0 radical (unpaired) electrons. The van der Waals surface area contributed by atoms with E-state index in [1.165, 1.54) is 30.5 Å². The normalized spacial score (nSPS) is 20.1. The van der Waals surface area contributed by atoms with Gasteiger partial charge in [-0.1, -0.05) is 0 Å². The second kappa shape index (κ2) is 7.27. The van der Waals surface area contributed by atoms with Crippen LogP contribution in [0.1, 0.15) is 40.9 Å². The van der Waals surface area contributed by atoms with E-state index in [0.717, 1.165) is 16.8 Å². The molecule has 0 amide bonds. The van der Waals surface area contributed by atoms with Crippen molar-refractivity contribution in [3.05, 3.63) is 94.8 Å². The predicted molar refractivity (Wildman–Crippen MR) is 130 cm³/mol. The van der Waals surface area contributed by atoms with Crippen molar-refractivity contribution >= 4 is 27.4 Å². The molecule has 1 spiro atoms. The van der Waals surface area contributed by atoms with E-state index in [9.17, 15) is 17.6 Å². The van der Waals surface area contributed by atoms with E-state index in [1.807, 2.05) is 44.0 Å². The first kappa shape index (κ1) is 22.3. The predicted octanol–water partition coefficient (Wildman–Crippen LogP) is 4.99. The van der Waals surface area contributed by atoms with Crippen LogP contribution in [0.15, 0.2) is 71.6 Å². The molecular formula is C27H24FNO4S. The first-order valence-electron chi connectivity index (χ1n) is 10.8. The third kappa shape index (κ3) is 3.18. The minimum Gasteiger partial charge on any atom is -0.463 e. The quantitative estimate of drug-likeness (QED) is 0.498. The van der Waals surface area contributed by atoms with E-state index in [4.69, 9.17) is 4.74 Å². The Hall–Kier alpha value is -3.45. The zero-order valence-electron chi connectivity index (χ0n) is 19.3. The van der Waals surface area contributed by atoms with Gasteiger partial charge in [-0.05, 0) is 92.2 Å². The highest BCUT2D eigenvalue weighted by Crippen LogP contribution is 2.54. The lowest BCUT2D eigenvalue weighted by atomic mass is 9.76. The summed E-state index contributed by atoms with van der Waals surface area (Å²) in [5.41, 5.74) is 1.98. The number of likely N-dealkylation sites (N-methyl/N-ethyl adjacent to an activating group) is 1. The van der Waals surface area contributed by atoms with Crippen LogP contribution in [-0.4, -0.2) is 33.2 Å². The molecule has 0 bridgehead atoms. The number of fused-ring (bicyclic) bond motifs is 2. The molecular weight excluding hydrogens is 453 g/mol. The summed E-state index contributed by atoms with van der Waals surface area (Å²) >= 11 is 0. The van der Waals surface area contributed by atoms with Crippen LogP contribution >= 0.6 is 0 Å². The van der Waals surface area contributed by atoms with Gasteiger partial charge in [0.05, 0.1) is 10.3 Å². The fraction of sp³-hybridized carbons (Fsp3) is 0.222. The number of anilines is 1. The minimum absolute atomic E-state index is 0.199. The van der Waals surface area contributed by atoms with Gasteiger partial charge in [0.1, 0.15) is 11.6 Å². The lowest BCUT2D eigenvalue weighted by Gasteiger charge is -2.45. The maximum absolute atomic E-state index is 13.2. The van der Waals surface area contributed by atoms with Gasteiger partial charge < -0.3 is 9.64 Å². The molecule has 0 saturated heterocycles. The number of hydrogen-bond acceptors (Lipinski definition) is 5. The van der Waals surface area contributed by atoms with E-state index >= 15 is 0 Å². The van der Waals surface area contributed by atoms with Crippen molar-refractivity contribution in [3.63, 3.8) is 0 Å². The molecule has 1 atom stereocenters. The summed E-state index contributed by atoms with van der Waals surface area (Å²) in [6, 6.07) is 15.9. The molecule has 3 aromatic carbocycles. The number of ketones is 1. The van der Waals surface area contributed by atoms with Gasteiger partial charge in [0, 0.05) is 35.7 Å². The number of halogens is 1. The van der Waals surface area contributed by atoms with Gasteiger partial charge in [-0.3, -0.25) is 4.79 Å². The van der Waals surface area contributed by atoms with Crippen LogP contribution in [0, 0.1) is 5.82 Å². The highest BCUT2D eigenvalue weighted by Gasteiger charge is 2.57. The fourth-order valence-electron chi connectivity index (χ4n) is 4.93. The van der Waals surface area contributed by atoms with Crippen molar-refractivity contribution < 1.29 is 22.3 Å². The number of carbonyl (C=O) groups excluding carboxylic acids is 1. The molecule has 0 aliphatic carbocycles. The van der Waals surface area contributed by atoms with Crippen molar-refractivity contribution in [3.8, 4) is 5.75 Å². The Morgan fingerprint density at radius 3 is 2.32 bits per heavy atom. The van der Waals surface area contributed by atoms with Gasteiger partial charge in [-0.2, -0.15) is 0 Å². The largest absolute Gasteiger partial charge is 0.463 e. The van der Waals surface area contributed by atoms with Gasteiger partial charge >= 0.3 is 0 Å². The van der Waals surface area contributed by atoms with Crippen LogP contribution in [0.2, 0.25) is 0 Å². The van der Waals surface area contributed by atoms with Gasteiger partial charge in [0.25, 0.3) is 0 Å². The lowest BCUT2D eigenvalue weighted by molar-refractivity contribution is 0.0581. The van der Waals surface area contributed by atoms with E-state index < -0.39 is 26.8 Å². The van der Waals surface area contributed by atoms with Crippen molar-refractivity contribution in [1.29, 1.82) is 0 Å². The maximum Gasteiger partial charge on any atom is 0.211 e. The molecule has 5 nitrogen and oxygen atoms in total. The number of sulfone groups is 1. The second-order valence-electron chi connectivity index (χ2n) is 9.36. The van der Waals surface area contributed by atoms with Gasteiger partial charge in [-0.25, -0.2) is 12.8 Å². The Morgan fingerprint density at radius 2 is 1.65 bits per heavy atom. The molecule has 3 aromatic rings. The summed E-state index contributed by atoms with van der Waals surface area (Å²) in [7, 11) is -1.43. The number of benzene rings is 3. The van der Waals surface area contributed by atoms with Crippen LogP contribution in [0.3, 0.4) is 0 Å². The number of ether oxygens (including phenoxy) is 1. The first-order chi connectivity index (χ1) is 15.9. The summed E-state index contributed by atoms with van der Waals surface area (Å²) in [4.78, 5) is 15.2. The van der Waals surface area contributed by atoms with Crippen molar-refractivity contribution in [2.45, 2.75) is 29.9 Å². The monoisotopic (exact) mass is 477 g/mol. The third-order valence-corrected chi connectivity index (χ3v) is 8.07. The number of carbonyl (C=O) groups is 1. The number of hydrogen-bond donors (Lipinski definition) is 0. The highest BCUT2D eigenvalue weighted by molar-refractivity contribution is 7.90. The number of rotatable bonds is 3. The molecule has 2 aliphatic heterocycles. The van der Waals surface area contributed by atoms with E-state index in [1.54, 1.807) is 30.3 Å². The highest BCUT2D eigenvalue weighted by atomic mass is 32.2. The van der Waals surface area contributed by atoms with E-state index in [2.05, 4.69) is 0 Å². The molecule has 2 aliphatic rings. The first-order valence-corrected chi connectivity index (χ1v) is 12.7. The van der Waals surface area contributed by atoms with Crippen molar-refractivity contribution in [1.82, 2.24) is 0 Å². The van der Waals surface area contributed by atoms with Crippen LogP contribution < -0.4 is 9.64 Å². The molecule has 0 N–H and O–H groups in total. The Bertz CT molecular complexity index is 1470. The number of nitrogens with zero attached hydrogens (tertiary/aromatic N) is 1. The van der Waals surface area contributed by atoms with Crippen LogP contribution in [-0.2, 0) is 15.3 Å². The average Bonchev–Trinajstić information content (AvgIpc) is 2.96. The third-order valence-electron chi connectivity index (χ3n) is 6.96. The molecule has 1 unspecified atom stereocenters. The Kier molecular flexibility index (Phi) is 4.78. The fourth-order valence-corrected chi connectivity index (χ4v) is 5.58. The summed E-state index contributed by atoms with van der Waals surface area (Å²) in [5.74, 6) is 0.0290. The summed E-state index contributed by atoms with van der Waals surface area (Å²) in [5, 5.41) is 0. The van der Waals surface area contributed by atoms with E-state index in [0.29, 0.717) is 16.9 Å². The second-order valence-corrected chi connectivity index (χ2v) is 11.4. The van der Waals surface area contributed by atoms with Crippen molar-refractivity contribution in [2.75, 3.05) is 18.2 Å². The topological polar surface area (TPSA) is 63.7 Å². The van der Waals surface area contributed by atoms with Crippen LogP contribution in [0.25, 0.3) is 6.08 Å². The lowest BCUT2D eigenvalue weighted by Crippen LogP contribution is -2.58. The van der Waals surface area contributed by atoms with E-state index in [-0.39, 0.29) is 10.7 Å². The standard InChI is InChI=1S/C27H24FNO4S/c1-26(2)22-16-21(34(4,31)32)10-11-23(22)29(3)27(26)14-13-18-15-19(7-12-24(18)33-27)25(30)17-5-8-20(28)9-6-17/h5-16H,1-4H3. The SMILES string of the molecule is CN1c2ccc(S(C)(=O)=O)cc2C(C)(C)C12C=Cc1cc(C(=O)c3ccc(F)cc3)ccc1O2. The van der Waals surface area contributed by atoms with Crippen molar-refractivity contribution in [2.24, 2.45) is 0 Å². The molecule has 174 valence electrons.